The second-order valence-electron chi connectivity index (χ2n) is 8.12. The predicted octanol–water partition coefficient (Wildman–Crippen LogP) is 4.77. The van der Waals surface area contributed by atoms with E-state index in [4.69, 9.17) is 4.74 Å². The number of hydrogen-bond acceptors (Lipinski definition) is 3. The van der Waals surface area contributed by atoms with E-state index in [9.17, 15) is 4.79 Å². The summed E-state index contributed by atoms with van der Waals surface area (Å²) in [5, 5.41) is 6.79. The van der Waals surface area contributed by atoms with Gasteiger partial charge in [-0.2, -0.15) is 0 Å². The van der Waals surface area contributed by atoms with Crippen molar-refractivity contribution in [3.05, 3.63) is 0 Å². The highest BCUT2D eigenvalue weighted by Gasteiger charge is 2.26. The van der Waals surface area contributed by atoms with Crippen LogP contribution in [0.2, 0.25) is 0 Å². The Morgan fingerprint density at radius 2 is 1.87 bits per heavy atom. The van der Waals surface area contributed by atoms with Crippen LogP contribution in [0.15, 0.2) is 0 Å². The number of carbonyl (C=O) groups excluding carboxylic acids is 1. The van der Waals surface area contributed by atoms with E-state index in [1.807, 2.05) is 20.8 Å². The molecule has 1 saturated carbocycles. The van der Waals surface area contributed by atoms with Crippen molar-refractivity contribution in [1.29, 1.82) is 0 Å². The topological polar surface area (TPSA) is 50.4 Å². The third kappa shape index (κ3) is 9.85. The molecule has 1 amide bonds. The molecule has 0 spiro atoms. The van der Waals surface area contributed by atoms with Crippen LogP contribution >= 0.6 is 0 Å². The molecular weight excluding hydrogens is 288 g/mol. The molecule has 0 radical (unpaired) electrons. The quantitative estimate of drug-likeness (QED) is 0.632. The van der Waals surface area contributed by atoms with Gasteiger partial charge in [0.05, 0.1) is 0 Å². The van der Waals surface area contributed by atoms with Crippen molar-refractivity contribution < 1.29 is 9.53 Å². The summed E-state index contributed by atoms with van der Waals surface area (Å²) in [5.74, 6) is 0. The van der Waals surface area contributed by atoms with E-state index in [2.05, 4.69) is 24.5 Å². The summed E-state index contributed by atoms with van der Waals surface area (Å²) < 4.78 is 5.36. The van der Waals surface area contributed by atoms with Gasteiger partial charge in [-0.05, 0) is 59.8 Å². The molecular formula is C19H38N2O2. The number of hydrogen-bond donors (Lipinski definition) is 2. The maximum absolute atomic E-state index is 11.9. The van der Waals surface area contributed by atoms with E-state index < -0.39 is 5.60 Å². The average Bonchev–Trinajstić information content (AvgIpc) is 2.42. The molecule has 1 fully saturated rings. The highest BCUT2D eigenvalue weighted by molar-refractivity contribution is 5.68. The summed E-state index contributed by atoms with van der Waals surface area (Å²) in [7, 11) is 0. The minimum Gasteiger partial charge on any atom is -0.444 e. The minimum absolute atomic E-state index is 0.239. The first-order chi connectivity index (χ1) is 10.8. The molecule has 1 rings (SSSR count). The number of carbonyl (C=O) groups is 1. The van der Waals surface area contributed by atoms with Gasteiger partial charge in [-0.3, -0.25) is 0 Å². The zero-order valence-electron chi connectivity index (χ0n) is 15.9. The van der Waals surface area contributed by atoms with Gasteiger partial charge in [-0.25, -0.2) is 4.79 Å². The van der Waals surface area contributed by atoms with Crippen molar-refractivity contribution >= 4 is 6.09 Å². The minimum atomic E-state index is -0.427. The molecule has 23 heavy (non-hydrogen) atoms. The lowest BCUT2D eigenvalue weighted by atomic mass is 9.90. The molecule has 0 heterocycles. The second kappa shape index (κ2) is 10.2. The fourth-order valence-electron chi connectivity index (χ4n) is 3.31. The molecule has 0 bridgehead atoms. The molecule has 0 aromatic rings. The van der Waals surface area contributed by atoms with Crippen molar-refractivity contribution in [2.45, 2.75) is 116 Å². The lowest BCUT2D eigenvalue weighted by molar-refractivity contribution is 0.0488. The summed E-state index contributed by atoms with van der Waals surface area (Å²) in [6.45, 7) is 10.2. The van der Waals surface area contributed by atoms with Crippen molar-refractivity contribution in [1.82, 2.24) is 10.6 Å². The van der Waals surface area contributed by atoms with Gasteiger partial charge >= 0.3 is 6.09 Å². The second-order valence-corrected chi connectivity index (χ2v) is 8.12. The molecule has 4 nitrogen and oxygen atoms in total. The summed E-state index contributed by atoms with van der Waals surface area (Å²) in [6, 6.07) is 1.32. The Balaban J connectivity index is 2.27. The standard InChI is InChI=1S/C19H38N2O2/c1-6-7-8-9-11-15(2)20-16-12-10-13-17(14-16)21-18(22)23-19(3,4)5/h15-17,20H,6-14H2,1-5H3,(H,21,22). The van der Waals surface area contributed by atoms with Crippen LogP contribution in [0.4, 0.5) is 4.79 Å². The number of nitrogens with one attached hydrogen (secondary N) is 2. The number of rotatable bonds is 8. The van der Waals surface area contributed by atoms with E-state index in [0.717, 1.165) is 12.8 Å². The molecule has 4 heteroatoms. The van der Waals surface area contributed by atoms with Gasteiger partial charge in [-0.15, -0.1) is 0 Å². The van der Waals surface area contributed by atoms with Gasteiger partial charge in [-0.1, -0.05) is 32.6 Å². The van der Waals surface area contributed by atoms with Crippen LogP contribution in [0.25, 0.3) is 0 Å². The van der Waals surface area contributed by atoms with Crippen LogP contribution < -0.4 is 10.6 Å². The van der Waals surface area contributed by atoms with Gasteiger partial charge < -0.3 is 15.4 Å². The molecule has 3 atom stereocenters. The van der Waals surface area contributed by atoms with Crippen molar-refractivity contribution in [3.8, 4) is 0 Å². The first-order valence-electron chi connectivity index (χ1n) is 9.55. The van der Waals surface area contributed by atoms with E-state index >= 15 is 0 Å². The average molecular weight is 327 g/mol. The lowest BCUT2D eigenvalue weighted by Gasteiger charge is -2.33. The van der Waals surface area contributed by atoms with Crippen LogP contribution in [-0.2, 0) is 4.74 Å². The lowest BCUT2D eigenvalue weighted by Crippen LogP contribution is -2.47. The van der Waals surface area contributed by atoms with Crippen LogP contribution in [0.1, 0.15) is 92.4 Å². The maximum Gasteiger partial charge on any atom is 0.407 e. The van der Waals surface area contributed by atoms with Gasteiger partial charge in [0, 0.05) is 18.1 Å². The zero-order valence-corrected chi connectivity index (χ0v) is 15.9. The highest BCUT2D eigenvalue weighted by Crippen LogP contribution is 2.20. The third-order valence-electron chi connectivity index (χ3n) is 4.41. The SMILES string of the molecule is CCCCCCC(C)NC1CCCC(NC(=O)OC(C)(C)C)C1. The van der Waals surface area contributed by atoms with E-state index in [1.54, 1.807) is 0 Å². The Morgan fingerprint density at radius 3 is 2.52 bits per heavy atom. The number of amides is 1. The Labute approximate surface area is 143 Å². The highest BCUT2D eigenvalue weighted by atomic mass is 16.6. The normalized spacial score (nSPS) is 23.3. The van der Waals surface area contributed by atoms with Gasteiger partial charge in [0.2, 0.25) is 0 Å². The summed E-state index contributed by atoms with van der Waals surface area (Å²) >= 11 is 0. The van der Waals surface area contributed by atoms with Crippen LogP contribution in [0.3, 0.4) is 0 Å². The smallest absolute Gasteiger partial charge is 0.407 e. The number of alkyl carbamates (subject to hydrolysis) is 1. The predicted molar refractivity (Wildman–Crippen MR) is 96.8 cm³/mol. The first kappa shape index (κ1) is 20.3. The maximum atomic E-state index is 11.9. The molecule has 0 aromatic carbocycles. The van der Waals surface area contributed by atoms with E-state index in [-0.39, 0.29) is 12.1 Å². The van der Waals surface area contributed by atoms with Crippen molar-refractivity contribution in [2.24, 2.45) is 0 Å². The zero-order chi connectivity index (χ0) is 17.3. The van der Waals surface area contributed by atoms with Crippen LogP contribution in [0, 0.1) is 0 Å². The Kier molecular flexibility index (Phi) is 8.96. The van der Waals surface area contributed by atoms with Gasteiger partial charge in [0.1, 0.15) is 5.60 Å². The summed E-state index contributed by atoms with van der Waals surface area (Å²) in [5.41, 5.74) is -0.427. The van der Waals surface area contributed by atoms with Gasteiger partial charge in [0.15, 0.2) is 0 Å². The van der Waals surface area contributed by atoms with Crippen molar-refractivity contribution in [3.63, 3.8) is 0 Å². The Hall–Kier alpha value is -0.770. The van der Waals surface area contributed by atoms with Crippen molar-refractivity contribution in [2.75, 3.05) is 0 Å². The Bertz CT molecular complexity index is 339. The van der Waals surface area contributed by atoms with E-state index in [1.165, 1.54) is 44.9 Å². The van der Waals surface area contributed by atoms with Crippen LogP contribution in [0.5, 0.6) is 0 Å². The first-order valence-corrected chi connectivity index (χ1v) is 9.55. The fourth-order valence-corrected chi connectivity index (χ4v) is 3.31. The molecule has 3 unspecified atom stereocenters. The van der Waals surface area contributed by atoms with E-state index in [0.29, 0.717) is 12.1 Å². The Morgan fingerprint density at radius 1 is 1.17 bits per heavy atom. The molecule has 0 saturated heterocycles. The van der Waals surface area contributed by atoms with Gasteiger partial charge in [0.25, 0.3) is 0 Å². The largest absolute Gasteiger partial charge is 0.444 e. The molecule has 1 aliphatic carbocycles. The monoisotopic (exact) mass is 326 g/mol. The summed E-state index contributed by atoms with van der Waals surface area (Å²) in [6.07, 6.45) is 10.7. The molecule has 1 aliphatic rings. The summed E-state index contributed by atoms with van der Waals surface area (Å²) in [4.78, 5) is 11.9. The number of unbranched alkanes of at least 4 members (excludes halogenated alkanes) is 3. The van der Waals surface area contributed by atoms with Crippen LogP contribution in [-0.4, -0.2) is 29.8 Å². The number of ether oxygens (including phenoxy) is 1. The molecule has 2 N–H and O–H groups in total. The fraction of sp³-hybridized carbons (Fsp3) is 0.947. The molecule has 136 valence electrons. The third-order valence-corrected chi connectivity index (χ3v) is 4.41. The molecule has 0 aliphatic heterocycles. The molecule has 0 aromatic heterocycles.